The summed E-state index contributed by atoms with van der Waals surface area (Å²) in [6, 6.07) is 16.7. The SMILES string of the molecule is Cc1cccc(-c2nnc([C@@H](C)N3CCc4ccccc43)o2)c1. The van der Waals surface area contributed by atoms with Crippen molar-refractivity contribution in [1.29, 1.82) is 0 Å². The zero-order valence-electron chi connectivity index (χ0n) is 13.4. The molecule has 0 N–H and O–H groups in total. The van der Waals surface area contributed by atoms with E-state index in [1.165, 1.54) is 16.8 Å². The Morgan fingerprint density at radius 1 is 1.09 bits per heavy atom. The number of anilines is 1. The maximum absolute atomic E-state index is 5.95. The van der Waals surface area contributed by atoms with Crippen LogP contribution in [0.25, 0.3) is 11.5 Å². The zero-order valence-corrected chi connectivity index (χ0v) is 13.4. The van der Waals surface area contributed by atoms with Gasteiger partial charge in [-0.3, -0.25) is 0 Å². The van der Waals surface area contributed by atoms with E-state index in [1.54, 1.807) is 0 Å². The molecule has 0 saturated carbocycles. The standard InChI is InChI=1S/C19H19N3O/c1-13-6-5-8-16(12-13)19-21-20-18(23-19)14(2)22-11-10-15-7-3-4-9-17(15)22/h3-9,12,14H,10-11H2,1-2H3/t14-/m1/s1. The molecule has 1 aliphatic heterocycles. The fourth-order valence-electron chi connectivity index (χ4n) is 3.20. The van der Waals surface area contributed by atoms with Gasteiger partial charge in [0.1, 0.15) is 6.04 Å². The molecule has 0 bridgehead atoms. The Bertz CT molecular complexity index is 840. The van der Waals surface area contributed by atoms with Gasteiger partial charge in [0.15, 0.2) is 0 Å². The minimum absolute atomic E-state index is 0.0738. The normalized spacial score (nSPS) is 14.8. The molecule has 1 atom stereocenters. The van der Waals surface area contributed by atoms with Crippen molar-refractivity contribution in [2.75, 3.05) is 11.4 Å². The van der Waals surface area contributed by atoms with Crippen LogP contribution in [0, 0.1) is 6.92 Å². The van der Waals surface area contributed by atoms with E-state index in [2.05, 4.69) is 65.3 Å². The highest BCUT2D eigenvalue weighted by molar-refractivity contribution is 5.59. The van der Waals surface area contributed by atoms with Crippen molar-refractivity contribution in [1.82, 2.24) is 10.2 Å². The lowest BCUT2D eigenvalue weighted by Crippen LogP contribution is -2.24. The molecule has 0 amide bonds. The molecule has 2 aromatic carbocycles. The summed E-state index contributed by atoms with van der Waals surface area (Å²) in [5.74, 6) is 1.25. The number of hydrogen-bond donors (Lipinski definition) is 0. The van der Waals surface area contributed by atoms with Gasteiger partial charge in [-0.25, -0.2) is 0 Å². The van der Waals surface area contributed by atoms with Gasteiger partial charge in [-0.1, -0.05) is 35.9 Å². The third kappa shape index (κ3) is 2.50. The van der Waals surface area contributed by atoms with Gasteiger partial charge in [0.2, 0.25) is 11.8 Å². The van der Waals surface area contributed by atoms with Crippen molar-refractivity contribution >= 4 is 5.69 Å². The smallest absolute Gasteiger partial charge is 0.247 e. The fourth-order valence-corrected chi connectivity index (χ4v) is 3.20. The van der Waals surface area contributed by atoms with Gasteiger partial charge in [0.05, 0.1) is 0 Å². The van der Waals surface area contributed by atoms with E-state index in [9.17, 15) is 0 Å². The van der Waals surface area contributed by atoms with Gasteiger partial charge in [0, 0.05) is 17.8 Å². The van der Waals surface area contributed by atoms with Crippen molar-refractivity contribution in [3.8, 4) is 11.5 Å². The molecular formula is C19H19N3O. The minimum Gasteiger partial charge on any atom is -0.418 e. The van der Waals surface area contributed by atoms with E-state index in [4.69, 9.17) is 4.42 Å². The van der Waals surface area contributed by atoms with Crippen LogP contribution in [0.4, 0.5) is 5.69 Å². The van der Waals surface area contributed by atoms with Crippen molar-refractivity contribution in [3.63, 3.8) is 0 Å². The van der Waals surface area contributed by atoms with Crippen LogP contribution >= 0.6 is 0 Å². The van der Waals surface area contributed by atoms with Gasteiger partial charge >= 0.3 is 0 Å². The maximum atomic E-state index is 5.95. The first-order chi connectivity index (χ1) is 11.2. The van der Waals surface area contributed by atoms with Crippen molar-refractivity contribution in [3.05, 3.63) is 65.5 Å². The number of hydrogen-bond acceptors (Lipinski definition) is 4. The van der Waals surface area contributed by atoms with Gasteiger partial charge < -0.3 is 9.32 Å². The minimum atomic E-state index is 0.0738. The number of benzene rings is 2. The summed E-state index contributed by atoms with van der Waals surface area (Å²) in [5.41, 5.74) is 4.81. The Balaban J connectivity index is 1.62. The van der Waals surface area contributed by atoms with Crippen LogP contribution < -0.4 is 4.90 Å². The molecule has 0 unspecified atom stereocenters. The summed E-state index contributed by atoms with van der Waals surface area (Å²) in [5, 5.41) is 8.51. The number of nitrogens with zero attached hydrogens (tertiary/aromatic N) is 3. The van der Waals surface area contributed by atoms with Gasteiger partial charge in [-0.15, -0.1) is 10.2 Å². The van der Waals surface area contributed by atoms with Crippen LogP contribution in [0.15, 0.2) is 52.9 Å². The van der Waals surface area contributed by atoms with E-state index in [-0.39, 0.29) is 6.04 Å². The van der Waals surface area contributed by atoms with Gasteiger partial charge in [-0.05, 0) is 44.0 Å². The van der Waals surface area contributed by atoms with Crippen LogP contribution in [-0.4, -0.2) is 16.7 Å². The van der Waals surface area contributed by atoms with E-state index in [0.29, 0.717) is 11.8 Å². The summed E-state index contributed by atoms with van der Waals surface area (Å²) in [4.78, 5) is 2.34. The summed E-state index contributed by atoms with van der Waals surface area (Å²) in [6.07, 6.45) is 1.07. The second-order valence-electron chi connectivity index (χ2n) is 6.06. The number of para-hydroxylation sites is 1. The molecule has 1 aliphatic rings. The van der Waals surface area contributed by atoms with E-state index < -0.39 is 0 Å². The van der Waals surface area contributed by atoms with E-state index in [1.807, 2.05) is 12.1 Å². The van der Waals surface area contributed by atoms with E-state index >= 15 is 0 Å². The predicted molar refractivity (Wildman–Crippen MR) is 90.4 cm³/mol. The van der Waals surface area contributed by atoms with Crippen LogP contribution in [0.3, 0.4) is 0 Å². The Hall–Kier alpha value is -2.62. The van der Waals surface area contributed by atoms with Gasteiger partial charge in [-0.2, -0.15) is 0 Å². The predicted octanol–water partition coefficient (Wildman–Crippen LogP) is 4.17. The fraction of sp³-hybridized carbons (Fsp3) is 0.263. The topological polar surface area (TPSA) is 42.2 Å². The lowest BCUT2D eigenvalue weighted by atomic mass is 10.1. The molecule has 0 aliphatic carbocycles. The molecule has 4 rings (SSSR count). The Labute approximate surface area is 135 Å². The summed E-state index contributed by atoms with van der Waals surface area (Å²) in [6.45, 7) is 5.17. The monoisotopic (exact) mass is 305 g/mol. The lowest BCUT2D eigenvalue weighted by molar-refractivity contribution is 0.459. The Morgan fingerprint density at radius 3 is 2.83 bits per heavy atom. The number of aromatic nitrogens is 2. The molecule has 0 spiro atoms. The molecule has 4 heteroatoms. The first-order valence-corrected chi connectivity index (χ1v) is 7.97. The first kappa shape index (κ1) is 14.0. The zero-order chi connectivity index (χ0) is 15.8. The third-order valence-corrected chi connectivity index (χ3v) is 4.45. The molecule has 3 aromatic rings. The first-order valence-electron chi connectivity index (χ1n) is 7.97. The Morgan fingerprint density at radius 2 is 1.96 bits per heavy atom. The van der Waals surface area contributed by atoms with Crippen LogP contribution in [0.2, 0.25) is 0 Å². The van der Waals surface area contributed by atoms with Crippen molar-refractivity contribution in [2.24, 2.45) is 0 Å². The molecule has 0 radical (unpaired) electrons. The van der Waals surface area contributed by atoms with Crippen molar-refractivity contribution in [2.45, 2.75) is 26.3 Å². The average Bonchev–Trinajstić information content (AvgIpc) is 3.22. The highest BCUT2D eigenvalue weighted by Gasteiger charge is 2.27. The lowest BCUT2D eigenvalue weighted by Gasteiger charge is -2.24. The average molecular weight is 305 g/mol. The third-order valence-electron chi connectivity index (χ3n) is 4.45. The summed E-state index contributed by atoms with van der Waals surface area (Å²) >= 11 is 0. The van der Waals surface area contributed by atoms with Crippen molar-refractivity contribution < 1.29 is 4.42 Å². The molecule has 0 fully saturated rings. The molecule has 1 aromatic heterocycles. The molecule has 4 nitrogen and oxygen atoms in total. The largest absolute Gasteiger partial charge is 0.418 e. The molecule has 0 saturated heterocycles. The molecular weight excluding hydrogens is 286 g/mol. The maximum Gasteiger partial charge on any atom is 0.247 e. The highest BCUT2D eigenvalue weighted by atomic mass is 16.4. The second-order valence-corrected chi connectivity index (χ2v) is 6.06. The number of fused-ring (bicyclic) bond motifs is 1. The number of aryl methyl sites for hydroxylation is 1. The van der Waals surface area contributed by atoms with Crippen LogP contribution in [0.5, 0.6) is 0 Å². The highest BCUT2D eigenvalue weighted by Crippen LogP contribution is 2.35. The Kier molecular flexibility index (Phi) is 3.37. The number of rotatable bonds is 3. The molecule has 2 heterocycles. The van der Waals surface area contributed by atoms with E-state index in [0.717, 1.165) is 18.5 Å². The molecule has 116 valence electrons. The van der Waals surface area contributed by atoms with Gasteiger partial charge in [0.25, 0.3) is 0 Å². The summed E-state index contributed by atoms with van der Waals surface area (Å²) < 4.78 is 5.95. The molecule has 23 heavy (non-hydrogen) atoms. The quantitative estimate of drug-likeness (QED) is 0.728. The van der Waals surface area contributed by atoms with Crippen LogP contribution in [-0.2, 0) is 6.42 Å². The second kappa shape index (κ2) is 5.54. The van der Waals surface area contributed by atoms with Crippen LogP contribution in [0.1, 0.15) is 30.0 Å². The summed E-state index contributed by atoms with van der Waals surface area (Å²) in [7, 11) is 0.